The van der Waals surface area contributed by atoms with Gasteiger partial charge in [-0.2, -0.15) is 5.26 Å². The van der Waals surface area contributed by atoms with Crippen molar-refractivity contribution in [2.24, 2.45) is 7.05 Å². The second kappa shape index (κ2) is 9.97. The second-order valence-corrected chi connectivity index (χ2v) is 10.2. The number of rotatable bonds is 5. The molecule has 4 rings (SSSR count). The van der Waals surface area contributed by atoms with Crippen LogP contribution < -0.4 is 10.5 Å². The van der Waals surface area contributed by atoms with E-state index in [4.69, 9.17) is 17.0 Å². The number of pyridine rings is 1. The van der Waals surface area contributed by atoms with E-state index < -0.39 is 0 Å². The van der Waals surface area contributed by atoms with Crippen LogP contribution >= 0.6 is 24.0 Å². The Labute approximate surface area is 203 Å². The third-order valence-electron chi connectivity index (χ3n) is 6.65. The lowest BCUT2D eigenvalue weighted by molar-refractivity contribution is -0.123. The average molecular weight is 488 g/mol. The molecule has 3 aliphatic rings. The van der Waals surface area contributed by atoms with Crippen LogP contribution in [0.5, 0.6) is 0 Å². The fraction of sp³-hybridized carbons (Fsp3) is 0.565. The van der Waals surface area contributed by atoms with Crippen molar-refractivity contribution in [1.82, 2.24) is 14.4 Å². The van der Waals surface area contributed by atoms with E-state index in [1.165, 1.54) is 11.8 Å². The lowest BCUT2D eigenvalue weighted by Gasteiger charge is -2.37. The van der Waals surface area contributed by atoms with Gasteiger partial charge in [0.1, 0.15) is 21.8 Å². The number of carbonyl (C=O) groups is 1. The van der Waals surface area contributed by atoms with Gasteiger partial charge in [-0.25, -0.2) is 0 Å². The highest BCUT2D eigenvalue weighted by Crippen LogP contribution is 2.36. The van der Waals surface area contributed by atoms with Crippen molar-refractivity contribution in [1.29, 1.82) is 5.26 Å². The van der Waals surface area contributed by atoms with E-state index in [1.54, 1.807) is 23.4 Å². The van der Waals surface area contributed by atoms with E-state index in [-0.39, 0.29) is 23.1 Å². The van der Waals surface area contributed by atoms with Crippen LogP contribution in [0.3, 0.4) is 0 Å². The lowest BCUT2D eigenvalue weighted by Crippen LogP contribution is -2.48. The molecule has 0 radical (unpaired) electrons. The fourth-order valence-electron chi connectivity index (χ4n) is 4.65. The first-order valence-electron chi connectivity index (χ1n) is 11.3. The maximum atomic E-state index is 13.2. The van der Waals surface area contributed by atoms with Crippen LogP contribution in [0.15, 0.2) is 9.70 Å². The molecule has 3 aliphatic heterocycles. The molecule has 0 N–H and O–H groups in total. The Bertz CT molecular complexity index is 1090. The van der Waals surface area contributed by atoms with Crippen molar-refractivity contribution in [2.75, 3.05) is 50.8 Å². The highest BCUT2D eigenvalue weighted by atomic mass is 32.2. The Morgan fingerprint density at radius 3 is 2.61 bits per heavy atom. The molecule has 176 valence electrons. The average Bonchev–Trinajstić information content (AvgIpc) is 3.42. The standard InChI is InChI=1S/C23H29N5O3S2/c1-4-26-7-9-27(10-8-26)20-17(15(2)18(13-24)21(29)25(20)3)12-19-22(30)28(23(32)33-19)14-16-6-5-11-31-16/h12,16H,4-11,14H2,1-3H3/b19-12-/t16-/m0/s1. The van der Waals surface area contributed by atoms with Crippen LogP contribution in [0.1, 0.15) is 36.5 Å². The molecular formula is C23H29N5O3S2. The van der Waals surface area contributed by atoms with Gasteiger partial charge in [-0.1, -0.05) is 30.9 Å². The normalized spacial score (nSPS) is 23.1. The summed E-state index contributed by atoms with van der Waals surface area (Å²) < 4.78 is 7.76. The molecule has 0 saturated carbocycles. The highest BCUT2D eigenvalue weighted by Gasteiger charge is 2.35. The minimum absolute atomic E-state index is 0.0155. The Balaban J connectivity index is 1.73. The van der Waals surface area contributed by atoms with Crippen molar-refractivity contribution >= 4 is 46.1 Å². The molecule has 1 aromatic heterocycles. The van der Waals surface area contributed by atoms with Gasteiger partial charge >= 0.3 is 0 Å². The van der Waals surface area contributed by atoms with E-state index in [9.17, 15) is 14.9 Å². The second-order valence-electron chi connectivity index (χ2n) is 8.56. The Morgan fingerprint density at radius 2 is 2.00 bits per heavy atom. The molecule has 33 heavy (non-hydrogen) atoms. The minimum atomic E-state index is -0.314. The molecular weight excluding hydrogens is 458 g/mol. The van der Waals surface area contributed by atoms with Gasteiger partial charge in [-0.15, -0.1) is 0 Å². The molecule has 3 saturated heterocycles. The largest absolute Gasteiger partial charge is 0.376 e. The van der Waals surface area contributed by atoms with Gasteiger partial charge in [0.2, 0.25) is 0 Å². The summed E-state index contributed by atoms with van der Waals surface area (Å²) in [5.74, 6) is 0.602. The lowest BCUT2D eigenvalue weighted by atomic mass is 10.0. The molecule has 3 fully saturated rings. The molecule has 0 bridgehead atoms. The van der Waals surface area contributed by atoms with Crippen LogP contribution in [0.2, 0.25) is 0 Å². The molecule has 0 aromatic carbocycles. The van der Waals surface area contributed by atoms with Crippen molar-refractivity contribution in [2.45, 2.75) is 32.8 Å². The van der Waals surface area contributed by atoms with Gasteiger partial charge in [-0.05, 0) is 37.9 Å². The number of thioether (sulfide) groups is 1. The quantitative estimate of drug-likeness (QED) is 0.461. The number of likely N-dealkylation sites (N-methyl/N-ethyl adjacent to an activating group) is 1. The van der Waals surface area contributed by atoms with E-state index >= 15 is 0 Å². The van der Waals surface area contributed by atoms with Gasteiger partial charge in [0.25, 0.3) is 11.5 Å². The number of carbonyl (C=O) groups excluding carboxylic acids is 1. The number of thiocarbonyl (C=S) groups is 1. The SMILES string of the molecule is CCN1CCN(c2c(/C=C3\SC(=S)N(C[C@@H]4CCCO4)C3=O)c(C)c(C#N)c(=O)n2C)CC1. The zero-order valence-electron chi connectivity index (χ0n) is 19.3. The van der Waals surface area contributed by atoms with Crippen molar-refractivity contribution in [3.8, 4) is 6.07 Å². The number of amides is 1. The summed E-state index contributed by atoms with van der Waals surface area (Å²) in [6.45, 7) is 9.42. The molecule has 8 nitrogen and oxygen atoms in total. The number of nitriles is 1. The summed E-state index contributed by atoms with van der Waals surface area (Å²) in [7, 11) is 1.70. The summed E-state index contributed by atoms with van der Waals surface area (Å²) in [6.07, 6.45) is 3.75. The molecule has 10 heteroatoms. The third kappa shape index (κ3) is 4.60. The summed E-state index contributed by atoms with van der Waals surface area (Å²) in [4.78, 5) is 32.8. The Kier molecular flexibility index (Phi) is 7.24. The first kappa shape index (κ1) is 24.0. The van der Waals surface area contributed by atoms with Crippen LogP contribution in [0, 0.1) is 18.3 Å². The number of anilines is 1. The van der Waals surface area contributed by atoms with E-state index in [0.29, 0.717) is 21.3 Å². The molecule has 1 aromatic rings. The van der Waals surface area contributed by atoms with Crippen LogP contribution in [-0.2, 0) is 16.6 Å². The number of hydrogen-bond donors (Lipinski definition) is 0. The fourth-order valence-corrected chi connectivity index (χ4v) is 5.91. The van der Waals surface area contributed by atoms with Crippen molar-refractivity contribution in [3.05, 3.63) is 31.9 Å². The zero-order valence-corrected chi connectivity index (χ0v) is 20.9. The zero-order chi connectivity index (χ0) is 23.7. The predicted molar refractivity (Wildman–Crippen MR) is 134 cm³/mol. The van der Waals surface area contributed by atoms with Crippen LogP contribution in [-0.4, -0.2) is 76.6 Å². The number of nitrogens with zero attached hydrogens (tertiary/aromatic N) is 5. The topological polar surface area (TPSA) is 81.8 Å². The summed E-state index contributed by atoms with van der Waals surface area (Å²) in [5, 5.41) is 9.65. The van der Waals surface area contributed by atoms with Crippen LogP contribution in [0.25, 0.3) is 6.08 Å². The molecule has 1 amide bonds. The number of piperazine rings is 1. The van der Waals surface area contributed by atoms with Gasteiger partial charge in [0.15, 0.2) is 0 Å². The smallest absolute Gasteiger partial charge is 0.270 e. The van der Waals surface area contributed by atoms with Gasteiger partial charge in [-0.3, -0.25) is 19.1 Å². The van der Waals surface area contributed by atoms with E-state index in [0.717, 1.165) is 63.6 Å². The van der Waals surface area contributed by atoms with E-state index in [1.807, 2.05) is 6.08 Å². The Morgan fingerprint density at radius 1 is 1.27 bits per heavy atom. The summed E-state index contributed by atoms with van der Waals surface area (Å²) in [5.41, 5.74) is 1.12. The molecule has 0 unspecified atom stereocenters. The van der Waals surface area contributed by atoms with Gasteiger partial charge < -0.3 is 14.5 Å². The number of ether oxygens (including phenoxy) is 1. The number of aromatic nitrogens is 1. The molecule has 4 heterocycles. The maximum absolute atomic E-state index is 13.2. The Hall–Kier alpha value is -2.19. The first-order chi connectivity index (χ1) is 15.8. The first-order valence-corrected chi connectivity index (χ1v) is 12.6. The van der Waals surface area contributed by atoms with Crippen molar-refractivity contribution in [3.63, 3.8) is 0 Å². The van der Waals surface area contributed by atoms with E-state index in [2.05, 4.69) is 22.8 Å². The molecule has 1 atom stereocenters. The molecule has 0 spiro atoms. The van der Waals surface area contributed by atoms with Crippen LogP contribution in [0.4, 0.5) is 5.82 Å². The highest BCUT2D eigenvalue weighted by molar-refractivity contribution is 8.26. The van der Waals surface area contributed by atoms with Crippen molar-refractivity contribution < 1.29 is 9.53 Å². The third-order valence-corrected chi connectivity index (χ3v) is 8.02. The summed E-state index contributed by atoms with van der Waals surface area (Å²) in [6, 6.07) is 2.06. The summed E-state index contributed by atoms with van der Waals surface area (Å²) >= 11 is 6.77. The maximum Gasteiger partial charge on any atom is 0.270 e. The number of hydrogen-bond acceptors (Lipinski definition) is 8. The van der Waals surface area contributed by atoms with Gasteiger partial charge in [0.05, 0.1) is 17.6 Å². The molecule has 0 aliphatic carbocycles. The van der Waals surface area contributed by atoms with Gasteiger partial charge in [0, 0.05) is 45.4 Å². The minimum Gasteiger partial charge on any atom is -0.376 e. The monoisotopic (exact) mass is 487 g/mol. The predicted octanol–water partition coefficient (Wildman–Crippen LogP) is 2.09.